The number of Topliss-reactive ketones (excluding diaryl/α,β-unsaturated/α-hetero) is 1. The summed E-state index contributed by atoms with van der Waals surface area (Å²) < 4.78 is 10.5. The average molecular weight is 399 g/mol. The summed E-state index contributed by atoms with van der Waals surface area (Å²) in [5.74, 6) is -1.83. The van der Waals surface area contributed by atoms with Crippen molar-refractivity contribution in [1.82, 2.24) is 4.98 Å². The fourth-order valence-electron chi connectivity index (χ4n) is 3.48. The summed E-state index contributed by atoms with van der Waals surface area (Å²) in [4.78, 5) is 40.9. The van der Waals surface area contributed by atoms with Gasteiger partial charge in [0.05, 0.1) is 23.7 Å². The highest BCUT2D eigenvalue weighted by molar-refractivity contribution is 6.09. The molecule has 0 fully saturated rings. The van der Waals surface area contributed by atoms with E-state index in [4.69, 9.17) is 9.47 Å². The van der Waals surface area contributed by atoms with Crippen LogP contribution in [0.5, 0.6) is 0 Å². The molecule has 2 atom stereocenters. The second-order valence-corrected chi connectivity index (χ2v) is 7.15. The number of ether oxygens (including phenoxy) is 2. The Morgan fingerprint density at radius 1 is 0.966 bits per heavy atom. The van der Waals surface area contributed by atoms with Crippen LogP contribution in [0.15, 0.2) is 30.3 Å². The van der Waals surface area contributed by atoms with Crippen molar-refractivity contribution in [3.05, 3.63) is 58.4 Å². The minimum Gasteiger partial charge on any atom is -0.462 e. The predicted molar refractivity (Wildman–Crippen MR) is 110 cm³/mol. The molecular weight excluding hydrogens is 370 g/mol. The molecule has 6 nitrogen and oxygen atoms in total. The third kappa shape index (κ3) is 5.13. The highest BCUT2D eigenvalue weighted by Gasteiger charge is 2.30. The highest BCUT2D eigenvalue weighted by atomic mass is 16.5. The van der Waals surface area contributed by atoms with Crippen molar-refractivity contribution >= 4 is 17.7 Å². The Morgan fingerprint density at radius 3 is 2.17 bits per heavy atom. The maximum absolute atomic E-state index is 12.8. The average Bonchev–Trinajstić information content (AvgIpc) is 3.01. The zero-order chi connectivity index (χ0) is 21.6. The molecule has 0 bridgehead atoms. The standard InChI is InChI=1S/C23H29NO5/c1-6-14(3)19(17-11-9-8-10-12-17)22(26)29-13-18(25)20-15(4)24-16(5)21(20)23(27)28-7-2/h8-12,14,19,24H,6-7,13H2,1-5H3/t14-,19+/m0/s1. The Labute approximate surface area is 171 Å². The molecule has 6 heteroatoms. The van der Waals surface area contributed by atoms with Gasteiger partial charge in [-0.1, -0.05) is 50.6 Å². The van der Waals surface area contributed by atoms with Gasteiger partial charge in [0.1, 0.15) is 0 Å². The van der Waals surface area contributed by atoms with Crippen molar-refractivity contribution in [2.45, 2.75) is 47.0 Å². The molecular formula is C23H29NO5. The fraction of sp³-hybridized carbons (Fsp3) is 0.435. The molecule has 29 heavy (non-hydrogen) atoms. The third-order valence-electron chi connectivity index (χ3n) is 5.10. The highest BCUT2D eigenvalue weighted by Crippen LogP contribution is 2.28. The van der Waals surface area contributed by atoms with Gasteiger partial charge < -0.3 is 14.5 Å². The predicted octanol–water partition coefficient (Wildman–Crippen LogP) is 4.36. The summed E-state index contributed by atoms with van der Waals surface area (Å²) in [6.45, 7) is 8.89. The third-order valence-corrected chi connectivity index (χ3v) is 5.10. The van der Waals surface area contributed by atoms with Crippen molar-refractivity contribution in [1.29, 1.82) is 0 Å². The van der Waals surface area contributed by atoms with Crippen LogP contribution in [0.1, 0.15) is 70.8 Å². The number of hydrogen-bond acceptors (Lipinski definition) is 5. The first-order valence-electron chi connectivity index (χ1n) is 9.92. The minimum atomic E-state index is -0.564. The van der Waals surface area contributed by atoms with E-state index in [0.717, 1.165) is 12.0 Å². The van der Waals surface area contributed by atoms with Crippen LogP contribution >= 0.6 is 0 Å². The number of rotatable bonds is 9. The quantitative estimate of drug-likeness (QED) is 0.500. The summed E-state index contributed by atoms with van der Waals surface area (Å²) in [5, 5.41) is 0. The van der Waals surface area contributed by atoms with Crippen molar-refractivity contribution < 1.29 is 23.9 Å². The number of aromatic amines is 1. The lowest BCUT2D eigenvalue weighted by Gasteiger charge is -2.21. The van der Waals surface area contributed by atoms with Crippen LogP contribution in [-0.4, -0.2) is 35.9 Å². The van der Waals surface area contributed by atoms with E-state index in [1.807, 2.05) is 44.2 Å². The molecule has 0 amide bonds. The Morgan fingerprint density at radius 2 is 1.59 bits per heavy atom. The Balaban J connectivity index is 2.20. The van der Waals surface area contributed by atoms with Gasteiger partial charge in [0.25, 0.3) is 0 Å². The zero-order valence-corrected chi connectivity index (χ0v) is 17.7. The number of aryl methyl sites for hydroxylation is 2. The summed E-state index contributed by atoms with van der Waals surface area (Å²) >= 11 is 0. The summed E-state index contributed by atoms with van der Waals surface area (Å²) in [6.07, 6.45) is 0.797. The van der Waals surface area contributed by atoms with E-state index in [1.54, 1.807) is 20.8 Å². The Hall–Kier alpha value is -2.89. The molecule has 0 spiro atoms. The number of aromatic nitrogens is 1. The molecule has 0 saturated carbocycles. The van der Waals surface area contributed by atoms with E-state index in [1.165, 1.54) is 0 Å². The molecule has 0 radical (unpaired) electrons. The van der Waals surface area contributed by atoms with E-state index in [9.17, 15) is 14.4 Å². The van der Waals surface area contributed by atoms with Gasteiger partial charge in [-0.25, -0.2) is 4.79 Å². The second kappa shape index (κ2) is 10.0. The van der Waals surface area contributed by atoms with Gasteiger partial charge in [-0.3, -0.25) is 9.59 Å². The lowest BCUT2D eigenvalue weighted by Crippen LogP contribution is -2.25. The molecule has 0 aliphatic heterocycles. The van der Waals surface area contributed by atoms with Gasteiger partial charge in [0.2, 0.25) is 5.78 Å². The van der Waals surface area contributed by atoms with Gasteiger partial charge in [-0.05, 0) is 32.3 Å². The van der Waals surface area contributed by atoms with Crippen LogP contribution in [0, 0.1) is 19.8 Å². The first-order valence-corrected chi connectivity index (χ1v) is 9.92. The van der Waals surface area contributed by atoms with Crippen LogP contribution in [0.3, 0.4) is 0 Å². The van der Waals surface area contributed by atoms with Gasteiger partial charge >= 0.3 is 11.9 Å². The molecule has 0 aliphatic rings. The summed E-state index contributed by atoms with van der Waals surface area (Å²) in [5.41, 5.74) is 2.38. The van der Waals surface area contributed by atoms with E-state index in [-0.39, 0.29) is 23.7 Å². The number of benzene rings is 1. The molecule has 1 aromatic carbocycles. The largest absolute Gasteiger partial charge is 0.462 e. The van der Waals surface area contributed by atoms with Crippen LogP contribution in [0.4, 0.5) is 0 Å². The molecule has 0 aliphatic carbocycles. The maximum Gasteiger partial charge on any atom is 0.340 e. The Kier molecular flexibility index (Phi) is 7.76. The van der Waals surface area contributed by atoms with Crippen LogP contribution in [0.25, 0.3) is 0 Å². The molecule has 156 valence electrons. The summed E-state index contributed by atoms with van der Waals surface area (Å²) in [7, 11) is 0. The van der Waals surface area contributed by atoms with Crippen molar-refractivity contribution in [2.24, 2.45) is 5.92 Å². The molecule has 1 aromatic heterocycles. The van der Waals surface area contributed by atoms with Crippen LogP contribution < -0.4 is 0 Å². The van der Waals surface area contributed by atoms with Gasteiger partial charge in [0, 0.05) is 11.4 Å². The number of H-pyrrole nitrogens is 1. The lowest BCUT2D eigenvalue weighted by molar-refractivity contribution is -0.145. The summed E-state index contributed by atoms with van der Waals surface area (Å²) in [6, 6.07) is 9.41. The molecule has 1 N–H and O–H groups in total. The van der Waals surface area contributed by atoms with Crippen molar-refractivity contribution in [2.75, 3.05) is 13.2 Å². The smallest absolute Gasteiger partial charge is 0.340 e. The number of esters is 2. The SMILES string of the molecule is CCOC(=O)c1c(C)[nH]c(C)c1C(=O)COC(=O)[C@@H](c1ccccc1)[C@@H](C)CC. The normalized spacial score (nSPS) is 12.9. The second-order valence-electron chi connectivity index (χ2n) is 7.15. The molecule has 2 rings (SSSR count). The van der Waals surface area contributed by atoms with Crippen molar-refractivity contribution in [3.8, 4) is 0 Å². The lowest BCUT2D eigenvalue weighted by atomic mass is 9.85. The van der Waals surface area contributed by atoms with Gasteiger partial charge in [0.15, 0.2) is 6.61 Å². The van der Waals surface area contributed by atoms with Gasteiger partial charge in [-0.2, -0.15) is 0 Å². The minimum absolute atomic E-state index is 0.0614. The molecule has 0 saturated heterocycles. The first kappa shape index (κ1) is 22.4. The van der Waals surface area contributed by atoms with Crippen LogP contribution in [0.2, 0.25) is 0 Å². The number of hydrogen-bond donors (Lipinski definition) is 1. The van der Waals surface area contributed by atoms with E-state index in [2.05, 4.69) is 4.98 Å². The van der Waals surface area contributed by atoms with Crippen molar-refractivity contribution in [3.63, 3.8) is 0 Å². The topological polar surface area (TPSA) is 85.5 Å². The number of carbonyl (C=O) groups is 3. The Bertz CT molecular complexity index is 869. The number of ketones is 1. The fourth-order valence-corrected chi connectivity index (χ4v) is 3.48. The van der Waals surface area contributed by atoms with E-state index in [0.29, 0.717) is 11.4 Å². The van der Waals surface area contributed by atoms with E-state index >= 15 is 0 Å². The monoisotopic (exact) mass is 399 g/mol. The van der Waals surface area contributed by atoms with Crippen LogP contribution in [-0.2, 0) is 14.3 Å². The zero-order valence-electron chi connectivity index (χ0n) is 17.7. The number of nitrogens with one attached hydrogen (secondary N) is 1. The maximum atomic E-state index is 12.8. The molecule has 2 aromatic rings. The van der Waals surface area contributed by atoms with Gasteiger partial charge in [-0.15, -0.1) is 0 Å². The van der Waals surface area contributed by atoms with E-state index < -0.39 is 30.2 Å². The molecule has 0 unspecified atom stereocenters. The molecule has 1 heterocycles. The number of carbonyl (C=O) groups excluding carboxylic acids is 3. The first-order chi connectivity index (χ1) is 13.8.